The van der Waals surface area contributed by atoms with Gasteiger partial charge in [0.25, 0.3) is 23.6 Å². The van der Waals surface area contributed by atoms with Gasteiger partial charge in [-0.05, 0) is 48.6 Å². The maximum Gasteiger partial charge on any atom is 0.293 e. The Morgan fingerprint density at radius 2 is 1.03 bits per heavy atom. The van der Waals surface area contributed by atoms with Gasteiger partial charge in [-0.1, -0.05) is 61.5 Å². The van der Waals surface area contributed by atoms with Gasteiger partial charge in [-0.2, -0.15) is 0 Å². The van der Waals surface area contributed by atoms with Crippen molar-refractivity contribution in [2.75, 3.05) is 13.1 Å². The fraction of sp³-hybridized carbons (Fsp3) is 0.667. The van der Waals surface area contributed by atoms with Gasteiger partial charge in [0.2, 0.25) is 0 Å². The van der Waals surface area contributed by atoms with Gasteiger partial charge in [0.05, 0.1) is 0 Å². The molecule has 11 nitrogen and oxygen atoms in total. The molecule has 0 unspecified atom stereocenters. The summed E-state index contributed by atoms with van der Waals surface area (Å²) in [5.74, 6) is -1.22. The van der Waals surface area contributed by atoms with Gasteiger partial charge in [0.15, 0.2) is 12.2 Å². The lowest BCUT2D eigenvalue weighted by Gasteiger charge is -2.20. The van der Waals surface area contributed by atoms with Crippen LogP contribution in [0.15, 0.2) is 18.2 Å². The molecule has 4 amide bonds. The van der Waals surface area contributed by atoms with E-state index in [1.165, 1.54) is 18.2 Å². The minimum absolute atomic E-state index is 0.0862. The third-order valence-electron chi connectivity index (χ3n) is 5.13. The van der Waals surface area contributed by atoms with Crippen molar-refractivity contribution in [3.8, 4) is 0 Å². The Morgan fingerprint density at radius 1 is 0.658 bits per heavy atom. The number of aromatic nitrogens is 1. The molecule has 0 saturated heterocycles. The summed E-state index contributed by atoms with van der Waals surface area (Å²) in [6.07, 6.45) is -0.950. The number of carbonyl (C=O) groups is 4. The molecular weight excluding hydrogens is 490 g/mol. The summed E-state index contributed by atoms with van der Waals surface area (Å²) in [5, 5.41) is 5.61. The van der Waals surface area contributed by atoms with Gasteiger partial charge in [0, 0.05) is 13.1 Å². The first-order valence-electron chi connectivity index (χ1n) is 13.2. The predicted octanol–water partition coefficient (Wildman–Crippen LogP) is 2.78. The third-order valence-corrected chi connectivity index (χ3v) is 5.13. The summed E-state index contributed by atoms with van der Waals surface area (Å²) in [7, 11) is 0. The summed E-state index contributed by atoms with van der Waals surface area (Å²) < 4.78 is 0. The van der Waals surface area contributed by atoms with E-state index in [-0.39, 0.29) is 46.9 Å². The second-order valence-corrected chi connectivity index (χ2v) is 11.0. The second kappa shape index (κ2) is 16.7. The zero-order valence-electron chi connectivity index (χ0n) is 23.9. The molecular formula is C27H45N5O6. The molecule has 2 atom stereocenters. The Bertz CT molecular complexity index is 850. The van der Waals surface area contributed by atoms with Gasteiger partial charge in [-0.3, -0.25) is 28.9 Å². The molecule has 0 aromatic carbocycles. The highest BCUT2D eigenvalue weighted by Crippen LogP contribution is 2.10. The van der Waals surface area contributed by atoms with Crippen LogP contribution in [0.5, 0.6) is 0 Å². The quantitative estimate of drug-likeness (QED) is 0.238. The lowest BCUT2D eigenvalue weighted by molar-refractivity contribution is -0.138. The van der Waals surface area contributed by atoms with Crippen LogP contribution in [-0.4, -0.2) is 53.9 Å². The Labute approximate surface area is 226 Å². The van der Waals surface area contributed by atoms with Crippen LogP contribution < -0.4 is 21.6 Å². The topological polar surface area (TPSA) is 148 Å². The molecule has 1 aromatic heterocycles. The molecule has 38 heavy (non-hydrogen) atoms. The minimum Gasteiger partial charge on any atom is -0.354 e. The summed E-state index contributed by atoms with van der Waals surface area (Å²) in [6, 6.07) is 4.31. The van der Waals surface area contributed by atoms with Gasteiger partial charge >= 0.3 is 0 Å². The standard InChI is InChI=1S/C27H45N5O6/c1-16(2)12-22(26(35)28-14-18(5)6)37-31-24(33)20-10-9-11-21(30-20)25(34)32-38-23(13-17(3)4)27(36)29-15-19(7)8/h9-11,16-19,22-23H,12-15H2,1-8H3,(H,28,35)(H,29,36)(H,31,33)(H,32,34)/t22-,23-/m1/s1. The number of hydroxylamine groups is 2. The molecule has 1 rings (SSSR count). The molecule has 0 fully saturated rings. The Morgan fingerprint density at radius 3 is 1.34 bits per heavy atom. The van der Waals surface area contributed by atoms with Gasteiger partial charge in [-0.25, -0.2) is 15.9 Å². The Hall–Kier alpha value is -3.05. The van der Waals surface area contributed by atoms with Crippen LogP contribution in [0.1, 0.15) is 89.2 Å². The van der Waals surface area contributed by atoms with Crippen LogP contribution in [0.25, 0.3) is 0 Å². The number of nitrogens with one attached hydrogen (secondary N) is 4. The van der Waals surface area contributed by atoms with E-state index in [4.69, 9.17) is 9.68 Å². The summed E-state index contributed by atoms with van der Waals surface area (Å²) in [6.45, 7) is 16.7. The molecule has 0 aliphatic carbocycles. The molecule has 1 aromatic rings. The molecule has 0 bridgehead atoms. The first kappa shape index (κ1) is 33.0. The van der Waals surface area contributed by atoms with Crippen LogP contribution in [0, 0.1) is 23.7 Å². The fourth-order valence-electron chi connectivity index (χ4n) is 3.15. The van der Waals surface area contributed by atoms with E-state index in [1.807, 2.05) is 55.4 Å². The lowest BCUT2D eigenvalue weighted by Crippen LogP contribution is -2.43. The van der Waals surface area contributed by atoms with E-state index in [0.717, 1.165) is 0 Å². The number of rotatable bonds is 16. The van der Waals surface area contributed by atoms with Crippen molar-refractivity contribution in [2.24, 2.45) is 23.7 Å². The molecule has 11 heteroatoms. The van der Waals surface area contributed by atoms with E-state index in [2.05, 4.69) is 26.6 Å². The van der Waals surface area contributed by atoms with Crippen molar-refractivity contribution in [3.63, 3.8) is 0 Å². The zero-order chi connectivity index (χ0) is 28.8. The number of pyridine rings is 1. The van der Waals surface area contributed by atoms with Crippen molar-refractivity contribution >= 4 is 23.6 Å². The molecule has 1 heterocycles. The van der Waals surface area contributed by atoms with Crippen molar-refractivity contribution in [1.29, 1.82) is 0 Å². The SMILES string of the molecule is CC(C)CNC(=O)[C@@H](CC(C)C)ONC(=O)c1cccc(C(=O)NO[C@H](CC(C)C)C(=O)NCC(C)C)n1. The lowest BCUT2D eigenvalue weighted by atomic mass is 10.1. The van der Waals surface area contributed by atoms with Crippen molar-refractivity contribution in [3.05, 3.63) is 29.6 Å². The number of hydrogen-bond acceptors (Lipinski definition) is 7. The molecule has 0 radical (unpaired) electrons. The summed E-state index contributed by atoms with van der Waals surface area (Å²) in [4.78, 5) is 65.2. The molecule has 4 N–H and O–H groups in total. The third kappa shape index (κ3) is 13.0. The van der Waals surface area contributed by atoms with Gasteiger partial charge in [-0.15, -0.1) is 0 Å². The van der Waals surface area contributed by atoms with Crippen LogP contribution in [0.4, 0.5) is 0 Å². The minimum atomic E-state index is -0.877. The van der Waals surface area contributed by atoms with Gasteiger partial charge in [0.1, 0.15) is 11.4 Å². The zero-order valence-corrected chi connectivity index (χ0v) is 23.9. The Balaban J connectivity index is 2.81. The number of hydrogen-bond donors (Lipinski definition) is 4. The highest BCUT2D eigenvalue weighted by atomic mass is 16.7. The molecule has 214 valence electrons. The first-order valence-corrected chi connectivity index (χ1v) is 13.2. The average molecular weight is 536 g/mol. The second-order valence-electron chi connectivity index (χ2n) is 11.0. The normalized spacial score (nSPS) is 12.9. The Kier molecular flexibility index (Phi) is 14.5. The van der Waals surface area contributed by atoms with E-state index >= 15 is 0 Å². The van der Waals surface area contributed by atoms with Crippen LogP contribution in [0.2, 0.25) is 0 Å². The maximum absolute atomic E-state index is 12.7. The van der Waals surface area contributed by atoms with Crippen molar-refractivity contribution < 1.29 is 28.9 Å². The van der Waals surface area contributed by atoms with Crippen molar-refractivity contribution in [1.82, 2.24) is 26.6 Å². The number of carbonyl (C=O) groups excluding carboxylic acids is 4. The van der Waals surface area contributed by atoms with E-state index in [1.54, 1.807) is 0 Å². The fourth-order valence-corrected chi connectivity index (χ4v) is 3.15. The molecule has 0 spiro atoms. The smallest absolute Gasteiger partial charge is 0.293 e. The summed E-state index contributed by atoms with van der Waals surface area (Å²) >= 11 is 0. The predicted molar refractivity (Wildman–Crippen MR) is 144 cm³/mol. The van der Waals surface area contributed by atoms with Crippen LogP contribution >= 0.6 is 0 Å². The molecule has 0 aliphatic heterocycles. The first-order chi connectivity index (χ1) is 17.8. The number of amides is 4. The van der Waals surface area contributed by atoms with Crippen molar-refractivity contribution in [2.45, 2.75) is 80.4 Å². The summed E-state index contributed by atoms with van der Waals surface area (Å²) in [5.41, 5.74) is 4.37. The molecule has 0 aliphatic rings. The van der Waals surface area contributed by atoms with E-state index in [9.17, 15) is 19.2 Å². The number of nitrogens with zero attached hydrogens (tertiary/aromatic N) is 1. The van der Waals surface area contributed by atoms with E-state index < -0.39 is 24.0 Å². The largest absolute Gasteiger partial charge is 0.354 e. The van der Waals surface area contributed by atoms with Crippen LogP contribution in [-0.2, 0) is 19.3 Å². The average Bonchev–Trinajstić information content (AvgIpc) is 2.85. The highest BCUT2D eigenvalue weighted by Gasteiger charge is 2.24. The van der Waals surface area contributed by atoms with Crippen LogP contribution in [0.3, 0.4) is 0 Å². The maximum atomic E-state index is 12.7. The van der Waals surface area contributed by atoms with Gasteiger partial charge < -0.3 is 10.6 Å². The highest BCUT2D eigenvalue weighted by molar-refractivity contribution is 5.95. The molecule has 0 saturated carbocycles. The van der Waals surface area contributed by atoms with E-state index in [0.29, 0.717) is 25.9 Å². The monoisotopic (exact) mass is 535 g/mol.